The summed E-state index contributed by atoms with van der Waals surface area (Å²) in [6.45, 7) is 4.39. The lowest BCUT2D eigenvalue weighted by molar-refractivity contribution is -0.159. The molecule has 2 aliphatic heterocycles. The minimum absolute atomic E-state index is 0.0700. The lowest BCUT2D eigenvalue weighted by atomic mass is 9.73. The van der Waals surface area contributed by atoms with Gasteiger partial charge < -0.3 is 14.9 Å². The maximum Gasteiger partial charge on any atom is 0.254 e. The zero-order valence-corrected chi connectivity index (χ0v) is 18.3. The zero-order valence-electron chi connectivity index (χ0n) is 18.3. The molecule has 5 nitrogen and oxygen atoms in total. The number of hydrogen-bond donors (Lipinski definition) is 1. The van der Waals surface area contributed by atoms with Gasteiger partial charge in [-0.1, -0.05) is 43.9 Å². The van der Waals surface area contributed by atoms with Crippen molar-refractivity contribution in [1.29, 1.82) is 0 Å². The second-order valence-corrected chi connectivity index (χ2v) is 8.86. The van der Waals surface area contributed by atoms with Gasteiger partial charge in [-0.05, 0) is 41.8 Å². The molecular formula is C26H27FN2O3. The minimum atomic E-state index is -0.487. The molecule has 6 heteroatoms. The molecule has 2 heterocycles. The summed E-state index contributed by atoms with van der Waals surface area (Å²) in [6.07, 6.45) is 0.839. The fraction of sp³-hybridized carbons (Fsp3) is 0.385. The Kier molecular flexibility index (Phi) is 6.29. The van der Waals surface area contributed by atoms with Crippen molar-refractivity contribution < 1.29 is 19.1 Å². The molecule has 2 aliphatic rings. The van der Waals surface area contributed by atoms with Crippen LogP contribution in [0.5, 0.6) is 0 Å². The van der Waals surface area contributed by atoms with Gasteiger partial charge in [-0.3, -0.25) is 9.59 Å². The number of amides is 2. The molecule has 0 bridgehead atoms. The number of benzene rings is 2. The van der Waals surface area contributed by atoms with E-state index >= 15 is 0 Å². The van der Waals surface area contributed by atoms with Crippen molar-refractivity contribution in [3.05, 3.63) is 71.0 Å². The Morgan fingerprint density at radius 2 is 1.97 bits per heavy atom. The van der Waals surface area contributed by atoms with Crippen LogP contribution in [0.4, 0.5) is 4.39 Å². The van der Waals surface area contributed by atoms with E-state index in [0.29, 0.717) is 12.5 Å². The highest BCUT2D eigenvalue weighted by molar-refractivity contribution is 5.97. The van der Waals surface area contributed by atoms with Crippen LogP contribution in [-0.2, 0) is 4.79 Å². The number of aliphatic hydroxyl groups excluding tert-OH is 1. The molecule has 2 saturated heterocycles. The van der Waals surface area contributed by atoms with E-state index in [-0.39, 0.29) is 48.5 Å². The highest BCUT2D eigenvalue weighted by Gasteiger charge is 2.54. The predicted molar refractivity (Wildman–Crippen MR) is 119 cm³/mol. The molecule has 2 amide bonds. The van der Waals surface area contributed by atoms with Gasteiger partial charge in [-0.15, -0.1) is 0 Å². The van der Waals surface area contributed by atoms with Crippen molar-refractivity contribution in [2.45, 2.75) is 38.3 Å². The summed E-state index contributed by atoms with van der Waals surface area (Å²) in [6, 6.07) is 12.9. The Labute approximate surface area is 187 Å². The van der Waals surface area contributed by atoms with Gasteiger partial charge in [0.1, 0.15) is 12.4 Å². The van der Waals surface area contributed by atoms with Gasteiger partial charge in [0, 0.05) is 30.0 Å². The minimum Gasteiger partial charge on any atom is -0.394 e. The SMILES string of the molecule is CC(C)CC#Cc1ccc([C@H]2[C@@H](CO)N3C(=O)CN(C(=O)c4cccc(F)c4)C[C@@H]23)cc1. The summed E-state index contributed by atoms with van der Waals surface area (Å²) >= 11 is 0. The Bertz CT molecular complexity index is 1070. The molecule has 32 heavy (non-hydrogen) atoms. The number of carbonyl (C=O) groups excluding carboxylic acids is 2. The molecule has 3 atom stereocenters. The molecule has 2 aromatic carbocycles. The number of nitrogens with zero attached hydrogens (tertiary/aromatic N) is 2. The van der Waals surface area contributed by atoms with Crippen molar-refractivity contribution in [3.8, 4) is 11.8 Å². The van der Waals surface area contributed by atoms with Crippen molar-refractivity contribution in [3.63, 3.8) is 0 Å². The quantitative estimate of drug-likeness (QED) is 0.753. The number of piperazine rings is 1. The zero-order chi connectivity index (χ0) is 22.8. The molecular weight excluding hydrogens is 407 g/mol. The van der Waals surface area contributed by atoms with Gasteiger partial charge in [-0.2, -0.15) is 0 Å². The van der Waals surface area contributed by atoms with Gasteiger partial charge in [0.15, 0.2) is 0 Å². The first kappa shape index (κ1) is 22.0. The number of halogens is 1. The summed E-state index contributed by atoms with van der Waals surface area (Å²) in [7, 11) is 0. The maximum absolute atomic E-state index is 13.6. The first-order valence-electron chi connectivity index (χ1n) is 10.9. The molecule has 2 aromatic rings. The van der Waals surface area contributed by atoms with Crippen molar-refractivity contribution in [1.82, 2.24) is 9.80 Å². The van der Waals surface area contributed by atoms with Crippen molar-refractivity contribution >= 4 is 11.8 Å². The van der Waals surface area contributed by atoms with E-state index in [2.05, 4.69) is 25.7 Å². The summed E-state index contributed by atoms with van der Waals surface area (Å²) in [5.41, 5.74) is 2.16. The first-order valence-corrected chi connectivity index (χ1v) is 10.9. The Balaban J connectivity index is 1.53. The lowest BCUT2D eigenvalue weighted by Crippen LogP contribution is -2.73. The van der Waals surface area contributed by atoms with E-state index in [1.165, 1.54) is 23.1 Å². The standard InChI is InChI=1S/C26H27FN2O3/c1-17(2)5-3-6-18-9-11-19(12-10-18)25-22-14-28(15-24(31)29(22)23(25)16-30)26(32)20-7-4-8-21(27)13-20/h4,7-13,17,22-23,25,30H,5,14-16H2,1-2H3/t22-,23+,25+/m0/s1. The van der Waals surface area contributed by atoms with Gasteiger partial charge in [0.2, 0.25) is 5.91 Å². The Morgan fingerprint density at radius 3 is 2.62 bits per heavy atom. The topological polar surface area (TPSA) is 60.9 Å². The average Bonchev–Trinajstić information content (AvgIpc) is 2.75. The van der Waals surface area contributed by atoms with Gasteiger partial charge in [0.05, 0.1) is 18.7 Å². The van der Waals surface area contributed by atoms with Gasteiger partial charge in [0.25, 0.3) is 5.91 Å². The molecule has 0 unspecified atom stereocenters. The van der Waals surface area contributed by atoms with Crippen LogP contribution in [-0.4, -0.2) is 58.5 Å². The number of hydrogen-bond acceptors (Lipinski definition) is 3. The molecule has 0 radical (unpaired) electrons. The monoisotopic (exact) mass is 434 g/mol. The van der Waals surface area contributed by atoms with Crippen LogP contribution >= 0.6 is 0 Å². The molecule has 2 fully saturated rings. The number of aliphatic hydroxyl groups is 1. The van der Waals surface area contributed by atoms with Crippen LogP contribution < -0.4 is 0 Å². The fourth-order valence-corrected chi connectivity index (χ4v) is 4.60. The van der Waals surface area contributed by atoms with Crippen molar-refractivity contribution in [2.75, 3.05) is 19.7 Å². The largest absolute Gasteiger partial charge is 0.394 e. The van der Waals surface area contributed by atoms with E-state index in [1.807, 2.05) is 24.3 Å². The lowest BCUT2D eigenvalue weighted by Gasteiger charge is -2.58. The molecule has 1 N–H and O–H groups in total. The normalized spacial score (nSPS) is 22.2. The van der Waals surface area contributed by atoms with E-state index in [9.17, 15) is 19.1 Å². The molecule has 0 aromatic heterocycles. The highest BCUT2D eigenvalue weighted by atomic mass is 19.1. The number of carbonyl (C=O) groups is 2. The number of rotatable bonds is 4. The van der Waals surface area contributed by atoms with E-state index in [4.69, 9.17) is 0 Å². The third-order valence-corrected chi connectivity index (χ3v) is 6.15. The van der Waals surface area contributed by atoms with Crippen LogP contribution in [0.15, 0.2) is 48.5 Å². The predicted octanol–water partition coefficient (Wildman–Crippen LogP) is 3.03. The maximum atomic E-state index is 13.6. The van der Waals surface area contributed by atoms with Crippen molar-refractivity contribution in [2.24, 2.45) is 5.92 Å². The summed E-state index contributed by atoms with van der Waals surface area (Å²) in [4.78, 5) is 28.8. The average molecular weight is 435 g/mol. The smallest absolute Gasteiger partial charge is 0.254 e. The van der Waals surface area contributed by atoms with Crippen LogP contribution in [0.3, 0.4) is 0 Å². The second-order valence-electron chi connectivity index (χ2n) is 8.86. The Hall–Kier alpha value is -3.17. The third kappa shape index (κ3) is 4.26. The van der Waals surface area contributed by atoms with E-state index in [1.54, 1.807) is 11.0 Å². The molecule has 166 valence electrons. The second kappa shape index (κ2) is 9.13. The molecule has 4 rings (SSSR count). The molecule has 0 saturated carbocycles. The summed E-state index contributed by atoms with van der Waals surface area (Å²) in [5.74, 6) is 5.74. The van der Waals surface area contributed by atoms with E-state index < -0.39 is 5.82 Å². The third-order valence-electron chi connectivity index (χ3n) is 6.15. The van der Waals surface area contributed by atoms with E-state index in [0.717, 1.165) is 17.5 Å². The van der Waals surface area contributed by atoms with Crippen LogP contribution in [0.25, 0.3) is 0 Å². The first-order chi connectivity index (χ1) is 15.4. The van der Waals surface area contributed by atoms with Crippen LogP contribution in [0.2, 0.25) is 0 Å². The summed E-state index contributed by atoms with van der Waals surface area (Å²) in [5, 5.41) is 9.94. The van der Waals surface area contributed by atoms with Gasteiger partial charge >= 0.3 is 0 Å². The summed E-state index contributed by atoms with van der Waals surface area (Å²) < 4.78 is 13.6. The van der Waals surface area contributed by atoms with Crippen LogP contribution in [0.1, 0.15) is 47.7 Å². The Morgan fingerprint density at radius 1 is 1.22 bits per heavy atom. The molecule has 0 spiro atoms. The highest BCUT2D eigenvalue weighted by Crippen LogP contribution is 2.43. The fourth-order valence-electron chi connectivity index (χ4n) is 4.60. The number of fused-ring (bicyclic) bond motifs is 1. The van der Waals surface area contributed by atoms with Crippen LogP contribution in [0, 0.1) is 23.6 Å². The molecule has 0 aliphatic carbocycles. The van der Waals surface area contributed by atoms with Gasteiger partial charge in [-0.25, -0.2) is 4.39 Å².